The fraction of sp³-hybridized carbons (Fsp3) is 0.143. The predicted octanol–water partition coefficient (Wildman–Crippen LogP) is 4.77. The first-order valence-electron chi connectivity index (χ1n) is 5.48. The average molecular weight is 348 g/mol. The zero-order chi connectivity index (χ0) is 14.2. The minimum Gasteiger partial charge on any atom is -0.384 e. The van der Waals surface area contributed by atoms with Crippen LogP contribution in [0, 0.1) is 18.6 Å². The lowest BCUT2D eigenvalue weighted by molar-refractivity contribution is 0.214. The van der Waals surface area contributed by atoms with E-state index in [-0.39, 0.29) is 16.1 Å². The van der Waals surface area contributed by atoms with Gasteiger partial charge in [-0.25, -0.2) is 8.78 Å². The van der Waals surface area contributed by atoms with Gasteiger partial charge in [0.15, 0.2) is 0 Å². The molecule has 1 unspecified atom stereocenters. The number of rotatable bonds is 2. The van der Waals surface area contributed by atoms with E-state index in [4.69, 9.17) is 11.6 Å². The van der Waals surface area contributed by atoms with Crippen LogP contribution in [-0.4, -0.2) is 5.11 Å². The van der Waals surface area contributed by atoms with Gasteiger partial charge in [-0.15, -0.1) is 0 Å². The van der Waals surface area contributed by atoms with Crippen LogP contribution in [0.2, 0.25) is 5.02 Å². The molecule has 0 fully saturated rings. The van der Waals surface area contributed by atoms with E-state index >= 15 is 0 Å². The van der Waals surface area contributed by atoms with Gasteiger partial charge < -0.3 is 5.11 Å². The van der Waals surface area contributed by atoms with Crippen LogP contribution in [0.4, 0.5) is 8.78 Å². The molecule has 100 valence electrons. The highest BCUT2D eigenvalue weighted by Gasteiger charge is 2.18. The van der Waals surface area contributed by atoms with E-state index in [1.807, 2.05) is 0 Å². The lowest BCUT2D eigenvalue weighted by Gasteiger charge is -2.14. The minimum atomic E-state index is -1.26. The third-order valence-electron chi connectivity index (χ3n) is 2.71. The highest BCUT2D eigenvalue weighted by molar-refractivity contribution is 9.10. The van der Waals surface area contributed by atoms with Crippen molar-refractivity contribution in [1.29, 1.82) is 0 Å². The molecule has 5 heteroatoms. The van der Waals surface area contributed by atoms with Gasteiger partial charge in [-0.05, 0) is 58.2 Å². The number of halogens is 4. The quantitative estimate of drug-likeness (QED) is 0.776. The Hall–Kier alpha value is -0.970. The summed E-state index contributed by atoms with van der Waals surface area (Å²) in [5.74, 6) is -1.08. The van der Waals surface area contributed by atoms with Crippen LogP contribution in [0.1, 0.15) is 22.8 Å². The second-order valence-electron chi connectivity index (χ2n) is 4.25. The molecule has 0 bridgehead atoms. The maximum atomic E-state index is 13.8. The molecule has 2 rings (SSSR count). The van der Waals surface area contributed by atoms with E-state index in [1.165, 1.54) is 24.3 Å². The molecule has 0 aliphatic heterocycles. The standard InChI is InChI=1S/C14H10BrClF2O/c1-7-2-8(4-9(17)3-7)14(19)10-5-12(16)11(15)6-13(10)18/h2-6,14,19H,1H3. The molecule has 0 radical (unpaired) electrons. The van der Waals surface area contributed by atoms with Crippen LogP contribution in [-0.2, 0) is 0 Å². The summed E-state index contributed by atoms with van der Waals surface area (Å²) in [5, 5.41) is 10.4. The SMILES string of the molecule is Cc1cc(F)cc(C(O)c2cc(Cl)c(Br)cc2F)c1. The summed E-state index contributed by atoms with van der Waals surface area (Å²) in [4.78, 5) is 0. The van der Waals surface area contributed by atoms with Gasteiger partial charge in [0, 0.05) is 10.0 Å². The van der Waals surface area contributed by atoms with Crippen LogP contribution in [0.5, 0.6) is 0 Å². The van der Waals surface area contributed by atoms with Crippen molar-refractivity contribution in [3.05, 3.63) is 68.2 Å². The van der Waals surface area contributed by atoms with Gasteiger partial charge in [0.05, 0.1) is 5.02 Å². The molecule has 0 aliphatic rings. The van der Waals surface area contributed by atoms with E-state index < -0.39 is 17.7 Å². The molecular weight excluding hydrogens is 338 g/mol. The van der Waals surface area contributed by atoms with Crippen molar-refractivity contribution < 1.29 is 13.9 Å². The summed E-state index contributed by atoms with van der Waals surface area (Å²) in [6.45, 7) is 1.70. The topological polar surface area (TPSA) is 20.2 Å². The van der Waals surface area contributed by atoms with Gasteiger partial charge in [0.25, 0.3) is 0 Å². The maximum absolute atomic E-state index is 13.8. The first-order chi connectivity index (χ1) is 8.88. The van der Waals surface area contributed by atoms with E-state index in [0.717, 1.165) is 0 Å². The molecule has 0 saturated heterocycles. The number of hydrogen-bond acceptors (Lipinski definition) is 1. The van der Waals surface area contributed by atoms with Gasteiger partial charge in [0.2, 0.25) is 0 Å². The van der Waals surface area contributed by atoms with Gasteiger partial charge in [-0.2, -0.15) is 0 Å². The van der Waals surface area contributed by atoms with Gasteiger partial charge in [0.1, 0.15) is 17.7 Å². The molecule has 19 heavy (non-hydrogen) atoms. The Labute approximate surface area is 123 Å². The van der Waals surface area contributed by atoms with Crippen molar-refractivity contribution in [2.75, 3.05) is 0 Å². The summed E-state index contributed by atoms with van der Waals surface area (Å²) < 4.78 is 27.5. The Kier molecular flexibility index (Phi) is 4.23. The Balaban J connectivity index is 2.49. The zero-order valence-electron chi connectivity index (χ0n) is 9.92. The zero-order valence-corrected chi connectivity index (χ0v) is 12.3. The second-order valence-corrected chi connectivity index (χ2v) is 5.51. The number of aliphatic hydroxyl groups excluding tert-OH is 1. The number of aryl methyl sites for hydroxylation is 1. The first kappa shape index (κ1) is 14.4. The summed E-state index contributed by atoms with van der Waals surface area (Å²) >= 11 is 8.98. The molecule has 0 aliphatic carbocycles. The van der Waals surface area contributed by atoms with Crippen LogP contribution in [0.15, 0.2) is 34.8 Å². The first-order valence-corrected chi connectivity index (χ1v) is 6.65. The smallest absolute Gasteiger partial charge is 0.130 e. The number of hydrogen-bond donors (Lipinski definition) is 1. The molecule has 0 aromatic heterocycles. The van der Waals surface area contributed by atoms with E-state index in [9.17, 15) is 13.9 Å². The molecule has 0 heterocycles. The van der Waals surface area contributed by atoms with Gasteiger partial charge in [-0.1, -0.05) is 17.7 Å². The highest BCUT2D eigenvalue weighted by Crippen LogP contribution is 2.32. The third kappa shape index (κ3) is 3.14. The van der Waals surface area contributed by atoms with Crippen molar-refractivity contribution in [2.24, 2.45) is 0 Å². The molecule has 1 atom stereocenters. The summed E-state index contributed by atoms with van der Waals surface area (Å²) in [5.41, 5.74) is 0.950. The molecule has 2 aromatic rings. The van der Waals surface area contributed by atoms with Crippen LogP contribution in [0.3, 0.4) is 0 Å². The van der Waals surface area contributed by atoms with Crippen molar-refractivity contribution in [3.8, 4) is 0 Å². The van der Waals surface area contributed by atoms with E-state index in [2.05, 4.69) is 15.9 Å². The van der Waals surface area contributed by atoms with Gasteiger partial charge in [-0.3, -0.25) is 0 Å². The Bertz CT molecular complexity index is 611. The van der Waals surface area contributed by atoms with Crippen LogP contribution < -0.4 is 0 Å². The molecule has 0 amide bonds. The second kappa shape index (κ2) is 5.57. The molecule has 2 aromatic carbocycles. The van der Waals surface area contributed by atoms with Crippen molar-refractivity contribution in [1.82, 2.24) is 0 Å². The van der Waals surface area contributed by atoms with Crippen LogP contribution >= 0.6 is 27.5 Å². The fourth-order valence-electron chi connectivity index (χ4n) is 1.85. The van der Waals surface area contributed by atoms with Crippen molar-refractivity contribution in [3.63, 3.8) is 0 Å². The third-order valence-corrected chi connectivity index (χ3v) is 3.91. The van der Waals surface area contributed by atoms with Crippen molar-refractivity contribution in [2.45, 2.75) is 13.0 Å². The summed E-state index contributed by atoms with van der Waals surface area (Å²) in [6.07, 6.45) is -1.26. The van der Waals surface area contributed by atoms with Crippen LogP contribution in [0.25, 0.3) is 0 Å². The number of aliphatic hydroxyl groups is 1. The number of benzene rings is 2. The lowest BCUT2D eigenvalue weighted by atomic mass is 9.99. The largest absolute Gasteiger partial charge is 0.384 e. The summed E-state index contributed by atoms with van der Waals surface area (Å²) in [6, 6.07) is 6.61. The van der Waals surface area contributed by atoms with E-state index in [0.29, 0.717) is 10.0 Å². The predicted molar refractivity (Wildman–Crippen MR) is 74.3 cm³/mol. The average Bonchev–Trinajstić information content (AvgIpc) is 2.31. The lowest BCUT2D eigenvalue weighted by Crippen LogP contribution is -2.04. The molecule has 1 N–H and O–H groups in total. The van der Waals surface area contributed by atoms with Crippen molar-refractivity contribution >= 4 is 27.5 Å². The summed E-state index contributed by atoms with van der Waals surface area (Å²) in [7, 11) is 0. The molecule has 0 saturated carbocycles. The molecule has 0 spiro atoms. The molecule has 1 nitrogen and oxygen atoms in total. The Morgan fingerprint density at radius 1 is 1.16 bits per heavy atom. The minimum absolute atomic E-state index is 0.0122. The highest BCUT2D eigenvalue weighted by atomic mass is 79.9. The maximum Gasteiger partial charge on any atom is 0.130 e. The van der Waals surface area contributed by atoms with Gasteiger partial charge >= 0.3 is 0 Å². The Morgan fingerprint density at radius 3 is 2.47 bits per heavy atom. The van der Waals surface area contributed by atoms with E-state index in [1.54, 1.807) is 13.0 Å². The monoisotopic (exact) mass is 346 g/mol. The normalized spacial score (nSPS) is 12.5. The Morgan fingerprint density at radius 2 is 1.84 bits per heavy atom. The fourth-order valence-corrected chi connectivity index (χ4v) is 2.34. The molecular formula is C14H10BrClF2O.